The summed E-state index contributed by atoms with van der Waals surface area (Å²) in [4.78, 5) is 14.1. The fourth-order valence-electron chi connectivity index (χ4n) is 2.96. The maximum Gasteiger partial charge on any atom is 0.237 e. The molecule has 2 aromatic carbocycles. The second-order valence-corrected chi connectivity index (χ2v) is 5.84. The van der Waals surface area contributed by atoms with Crippen molar-refractivity contribution in [3.8, 4) is 6.07 Å². The Hall–Kier alpha value is -2.31. The van der Waals surface area contributed by atoms with Gasteiger partial charge < -0.3 is 4.90 Å². The molecule has 0 fully saturated rings. The second-order valence-electron chi connectivity index (χ2n) is 5.40. The molecule has 0 radical (unpaired) electrons. The third-order valence-corrected chi connectivity index (χ3v) is 4.27. The zero-order valence-corrected chi connectivity index (χ0v) is 12.8. The molecule has 110 valence electrons. The highest BCUT2D eigenvalue weighted by Crippen LogP contribution is 2.34. The lowest BCUT2D eigenvalue weighted by atomic mass is 9.89. The summed E-state index contributed by atoms with van der Waals surface area (Å²) in [5.74, 6) is -0.137. The largest absolute Gasteiger partial charge is 0.330 e. The van der Waals surface area contributed by atoms with Crippen LogP contribution in [0.25, 0.3) is 0 Å². The molecule has 1 aliphatic heterocycles. The topological polar surface area (TPSA) is 44.1 Å². The Morgan fingerprint density at radius 2 is 2.00 bits per heavy atom. The van der Waals surface area contributed by atoms with E-state index < -0.39 is 0 Å². The Kier molecular flexibility index (Phi) is 4.13. The average Bonchev–Trinajstić information content (AvgIpc) is 2.54. The van der Waals surface area contributed by atoms with Crippen molar-refractivity contribution >= 4 is 17.5 Å². The van der Waals surface area contributed by atoms with Crippen molar-refractivity contribution in [2.24, 2.45) is 0 Å². The summed E-state index contributed by atoms with van der Waals surface area (Å²) < 4.78 is 0. The van der Waals surface area contributed by atoms with E-state index in [-0.39, 0.29) is 18.4 Å². The van der Waals surface area contributed by atoms with Crippen molar-refractivity contribution < 1.29 is 4.79 Å². The number of nitriles is 1. The van der Waals surface area contributed by atoms with Gasteiger partial charge in [0.05, 0.1) is 12.1 Å². The molecule has 0 aromatic heterocycles. The average molecular weight is 311 g/mol. The van der Waals surface area contributed by atoms with Crippen LogP contribution in [0.5, 0.6) is 0 Å². The van der Waals surface area contributed by atoms with Gasteiger partial charge >= 0.3 is 0 Å². The quantitative estimate of drug-likeness (QED) is 0.845. The number of hydrogen-bond acceptors (Lipinski definition) is 2. The highest BCUT2D eigenvalue weighted by atomic mass is 35.5. The van der Waals surface area contributed by atoms with Gasteiger partial charge in [-0.3, -0.25) is 4.79 Å². The molecule has 0 saturated heterocycles. The lowest BCUT2D eigenvalue weighted by Gasteiger charge is -2.37. The van der Waals surface area contributed by atoms with Gasteiger partial charge in [-0.2, -0.15) is 5.26 Å². The molecule has 22 heavy (non-hydrogen) atoms. The van der Waals surface area contributed by atoms with Crippen molar-refractivity contribution in [2.75, 3.05) is 0 Å². The maximum atomic E-state index is 12.3. The Balaban J connectivity index is 2.00. The van der Waals surface area contributed by atoms with E-state index >= 15 is 0 Å². The van der Waals surface area contributed by atoms with Gasteiger partial charge in [0.2, 0.25) is 5.91 Å². The second kappa shape index (κ2) is 6.21. The third-order valence-electron chi connectivity index (χ3n) is 4.03. The van der Waals surface area contributed by atoms with Crippen LogP contribution in [0.4, 0.5) is 0 Å². The molecular formula is C18H15ClN2O. The lowest BCUT2D eigenvalue weighted by Crippen LogP contribution is -2.38. The molecule has 1 atom stereocenters. The Labute approximate surface area is 134 Å². The van der Waals surface area contributed by atoms with Crippen LogP contribution in [0.3, 0.4) is 0 Å². The Morgan fingerprint density at radius 3 is 2.73 bits per heavy atom. The number of halogens is 1. The smallest absolute Gasteiger partial charge is 0.237 e. The van der Waals surface area contributed by atoms with E-state index in [4.69, 9.17) is 16.9 Å². The van der Waals surface area contributed by atoms with E-state index in [1.165, 1.54) is 5.56 Å². The highest BCUT2D eigenvalue weighted by molar-refractivity contribution is 6.30. The van der Waals surface area contributed by atoms with Crippen LogP contribution in [0, 0.1) is 11.3 Å². The molecule has 0 aliphatic carbocycles. The normalized spacial score (nSPS) is 16.7. The van der Waals surface area contributed by atoms with Crippen molar-refractivity contribution in [3.05, 3.63) is 70.2 Å². The summed E-state index contributed by atoms with van der Waals surface area (Å²) in [6.45, 7) is 0.496. The summed E-state index contributed by atoms with van der Waals surface area (Å²) >= 11 is 6.06. The van der Waals surface area contributed by atoms with Gasteiger partial charge in [-0.25, -0.2) is 0 Å². The van der Waals surface area contributed by atoms with E-state index in [2.05, 4.69) is 0 Å². The number of benzene rings is 2. The van der Waals surface area contributed by atoms with E-state index in [1.807, 2.05) is 54.6 Å². The fraction of sp³-hybridized carbons (Fsp3) is 0.222. The van der Waals surface area contributed by atoms with Crippen LogP contribution in [0.2, 0.25) is 5.02 Å². The molecular weight excluding hydrogens is 296 g/mol. The van der Waals surface area contributed by atoms with E-state index in [0.717, 1.165) is 17.5 Å². The maximum absolute atomic E-state index is 12.3. The van der Waals surface area contributed by atoms with Crippen LogP contribution in [-0.4, -0.2) is 10.8 Å². The molecule has 4 heteroatoms. The van der Waals surface area contributed by atoms with Gasteiger partial charge in [-0.05, 0) is 35.2 Å². The minimum absolute atomic E-state index is 0.0317. The van der Waals surface area contributed by atoms with E-state index in [9.17, 15) is 4.79 Å². The van der Waals surface area contributed by atoms with Crippen LogP contribution < -0.4 is 0 Å². The van der Waals surface area contributed by atoms with Crippen LogP contribution in [0.1, 0.15) is 29.2 Å². The van der Waals surface area contributed by atoms with Gasteiger partial charge in [0, 0.05) is 11.6 Å². The molecule has 0 unspecified atom stereocenters. The molecule has 0 N–H and O–H groups in total. The molecule has 3 nitrogen and oxygen atoms in total. The van der Waals surface area contributed by atoms with Gasteiger partial charge in [0.25, 0.3) is 0 Å². The first-order valence-electron chi connectivity index (χ1n) is 7.17. The third kappa shape index (κ3) is 2.84. The van der Waals surface area contributed by atoms with Gasteiger partial charge in [-0.15, -0.1) is 0 Å². The summed E-state index contributed by atoms with van der Waals surface area (Å²) in [6, 6.07) is 17.7. The SMILES string of the molecule is N#CCC(=O)N1Cc2cc(Cl)ccc2C[C@@H]1c1ccccc1. The lowest BCUT2D eigenvalue weighted by molar-refractivity contribution is -0.133. The molecule has 0 saturated carbocycles. The monoisotopic (exact) mass is 310 g/mol. The summed E-state index contributed by atoms with van der Waals surface area (Å²) in [6.07, 6.45) is 0.646. The molecule has 3 rings (SSSR count). The first-order chi connectivity index (χ1) is 10.7. The van der Waals surface area contributed by atoms with Gasteiger partial charge in [0.1, 0.15) is 6.42 Å². The zero-order chi connectivity index (χ0) is 15.5. The van der Waals surface area contributed by atoms with Crippen molar-refractivity contribution in [1.82, 2.24) is 4.90 Å². The van der Waals surface area contributed by atoms with Crippen LogP contribution >= 0.6 is 11.6 Å². The number of amides is 1. The Morgan fingerprint density at radius 1 is 1.23 bits per heavy atom. The number of hydrogen-bond donors (Lipinski definition) is 0. The molecule has 0 bridgehead atoms. The summed E-state index contributed by atoms with van der Waals surface area (Å²) in [7, 11) is 0. The first kappa shape index (κ1) is 14.6. The minimum Gasteiger partial charge on any atom is -0.330 e. The molecule has 1 amide bonds. The van der Waals surface area contributed by atoms with Crippen molar-refractivity contribution in [2.45, 2.75) is 25.4 Å². The number of carbonyl (C=O) groups is 1. The van der Waals surface area contributed by atoms with Gasteiger partial charge in [0.15, 0.2) is 0 Å². The van der Waals surface area contributed by atoms with Crippen LogP contribution in [-0.2, 0) is 17.8 Å². The molecule has 2 aromatic rings. The van der Waals surface area contributed by atoms with Crippen LogP contribution in [0.15, 0.2) is 48.5 Å². The number of nitrogens with zero attached hydrogens (tertiary/aromatic N) is 2. The predicted molar refractivity (Wildman–Crippen MR) is 85.1 cm³/mol. The minimum atomic E-state index is -0.137. The van der Waals surface area contributed by atoms with Gasteiger partial charge in [-0.1, -0.05) is 48.0 Å². The first-order valence-corrected chi connectivity index (χ1v) is 7.55. The molecule has 0 spiro atoms. The number of fused-ring (bicyclic) bond motifs is 1. The standard InChI is InChI=1S/C18H15ClN2O/c19-16-7-6-14-11-17(13-4-2-1-3-5-13)21(12-15(14)10-16)18(22)8-9-20/h1-7,10,17H,8,11-12H2/t17-/m1/s1. The summed E-state index contributed by atoms with van der Waals surface area (Å²) in [5.41, 5.74) is 3.36. The molecule has 1 aliphatic rings. The fourth-order valence-corrected chi connectivity index (χ4v) is 3.15. The summed E-state index contributed by atoms with van der Waals surface area (Å²) in [5, 5.41) is 9.52. The van der Waals surface area contributed by atoms with Crippen molar-refractivity contribution in [1.29, 1.82) is 5.26 Å². The van der Waals surface area contributed by atoms with E-state index in [1.54, 1.807) is 4.90 Å². The zero-order valence-electron chi connectivity index (χ0n) is 12.0. The number of carbonyl (C=O) groups excluding carboxylic acids is 1. The highest BCUT2D eigenvalue weighted by Gasteiger charge is 2.30. The number of rotatable bonds is 2. The van der Waals surface area contributed by atoms with Crippen molar-refractivity contribution in [3.63, 3.8) is 0 Å². The molecule has 1 heterocycles. The predicted octanol–water partition coefficient (Wildman–Crippen LogP) is 3.88. The van der Waals surface area contributed by atoms with E-state index in [0.29, 0.717) is 11.6 Å². The Bertz CT molecular complexity index is 736.